The number of hydrogen-bond donors (Lipinski definition) is 3. The molecule has 0 aliphatic carbocycles. The maximum absolute atomic E-state index is 11.3. The van der Waals surface area contributed by atoms with E-state index in [4.69, 9.17) is 10.5 Å². The molecular formula is C24H23N5O2. The number of nitrogens with one attached hydrogen (secondary N) is 2. The molecule has 0 saturated heterocycles. The fourth-order valence-electron chi connectivity index (χ4n) is 3.46. The van der Waals surface area contributed by atoms with Crippen LogP contribution < -0.4 is 15.8 Å². The van der Waals surface area contributed by atoms with Crippen molar-refractivity contribution in [1.29, 1.82) is 0 Å². The molecule has 0 aliphatic rings. The topological polar surface area (TPSA) is 106 Å². The number of nitrogens with zero attached hydrogens (tertiary/aromatic N) is 2. The maximum Gasteiger partial charge on any atom is 0.248 e. The summed E-state index contributed by atoms with van der Waals surface area (Å²) in [5.74, 6) is 0.632. The molecule has 0 saturated carbocycles. The summed E-state index contributed by atoms with van der Waals surface area (Å²) in [7, 11) is 1.95. The van der Waals surface area contributed by atoms with Gasteiger partial charge < -0.3 is 15.8 Å². The van der Waals surface area contributed by atoms with Gasteiger partial charge in [0.15, 0.2) is 0 Å². The van der Waals surface area contributed by atoms with Crippen molar-refractivity contribution in [3.05, 3.63) is 95.9 Å². The largest absolute Gasteiger partial charge is 0.439 e. The average molecular weight is 413 g/mol. The van der Waals surface area contributed by atoms with Gasteiger partial charge in [-0.3, -0.25) is 9.89 Å². The molecule has 0 aliphatic heterocycles. The second-order valence-electron chi connectivity index (χ2n) is 7.14. The van der Waals surface area contributed by atoms with Gasteiger partial charge in [0.25, 0.3) is 0 Å². The number of carbonyl (C=O) groups is 1. The van der Waals surface area contributed by atoms with Gasteiger partial charge in [0.2, 0.25) is 11.8 Å². The highest BCUT2D eigenvalue weighted by atomic mass is 16.5. The summed E-state index contributed by atoms with van der Waals surface area (Å²) in [4.78, 5) is 15.5. The lowest BCUT2D eigenvalue weighted by Gasteiger charge is -2.18. The van der Waals surface area contributed by atoms with E-state index in [-0.39, 0.29) is 5.92 Å². The SMILES string of the molecule is CNCC(c1ccc(Oc2cc(C(N)=O)ccn2)cc1)c1ccc(-c2cn[nH]c2)cc1. The van der Waals surface area contributed by atoms with Crippen LogP contribution in [-0.4, -0.2) is 34.7 Å². The minimum absolute atomic E-state index is 0.189. The normalized spacial score (nSPS) is 11.8. The Labute approximate surface area is 180 Å². The van der Waals surface area contributed by atoms with Gasteiger partial charge in [-0.1, -0.05) is 36.4 Å². The fourth-order valence-corrected chi connectivity index (χ4v) is 3.46. The van der Waals surface area contributed by atoms with Crippen molar-refractivity contribution in [3.8, 4) is 22.8 Å². The van der Waals surface area contributed by atoms with Crippen LogP contribution in [0.1, 0.15) is 27.4 Å². The third-order valence-electron chi connectivity index (χ3n) is 5.08. The maximum atomic E-state index is 11.3. The number of ether oxygens (including phenoxy) is 1. The highest BCUT2D eigenvalue weighted by molar-refractivity contribution is 5.92. The summed E-state index contributed by atoms with van der Waals surface area (Å²) in [6.07, 6.45) is 5.19. The minimum atomic E-state index is -0.517. The number of nitrogens with two attached hydrogens (primary N) is 1. The van der Waals surface area contributed by atoms with E-state index in [1.54, 1.807) is 6.07 Å². The quantitative estimate of drug-likeness (QED) is 0.408. The van der Waals surface area contributed by atoms with E-state index in [2.05, 4.69) is 44.8 Å². The molecule has 0 radical (unpaired) electrons. The number of primary amides is 1. The van der Waals surface area contributed by atoms with Gasteiger partial charge in [-0.15, -0.1) is 0 Å². The number of aromatic nitrogens is 3. The lowest BCUT2D eigenvalue weighted by atomic mass is 9.90. The monoisotopic (exact) mass is 413 g/mol. The van der Waals surface area contributed by atoms with Gasteiger partial charge in [0.1, 0.15) is 5.75 Å². The second-order valence-corrected chi connectivity index (χ2v) is 7.14. The summed E-state index contributed by atoms with van der Waals surface area (Å²) in [5, 5.41) is 10.1. The first-order valence-corrected chi connectivity index (χ1v) is 9.91. The van der Waals surface area contributed by atoms with Gasteiger partial charge in [0, 0.05) is 42.0 Å². The van der Waals surface area contributed by atoms with Crippen LogP contribution in [0.2, 0.25) is 0 Å². The molecule has 7 heteroatoms. The van der Waals surface area contributed by atoms with Crippen LogP contribution in [0.3, 0.4) is 0 Å². The first-order chi connectivity index (χ1) is 15.1. The molecule has 0 spiro atoms. The highest BCUT2D eigenvalue weighted by Gasteiger charge is 2.14. The Hall–Kier alpha value is -3.97. The molecule has 4 aromatic rings. The predicted molar refractivity (Wildman–Crippen MR) is 119 cm³/mol. The molecule has 1 amide bonds. The zero-order valence-corrected chi connectivity index (χ0v) is 17.1. The number of hydrogen-bond acceptors (Lipinski definition) is 5. The van der Waals surface area contributed by atoms with Gasteiger partial charge in [0.05, 0.1) is 6.20 Å². The zero-order chi connectivity index (χ0) is 21.6. The molecule has 1 unspecified atom stereocenters. The summed E-state index contributed by atoms with van der Waals surface area (Å²) in [6.45, 7) is 0.799. The van der Waals surface area contributed by atoms with Gasteiger partial charge in [-0.25, -0.2) is 4.98 Å². The number of amides is 1. The Bertz CT molecular complexity index is 1140. The average Bonchev–Trinajstić information content (AvgIpc) is 3.34. The van der Waals surface area contributed by atoms with E-state index in [1.165, 1.54) is 17.8 Å². The molecule has 31 heavy (non-hydrogen) atoms. The van der Waals surface area contributed by atoms with Gasteiger partial charge >= 0.3 is 0 Å². The van der Waals surface area contributed by atoms with Crippen molar-refractivity contribution in [3.63, 3.8) is 0 Å². The molecule has 4 rings (SSSR count). The number of benzene rings is 2. The third-order valence-corrected chi connectivity index (χ3v) is 5.08. The van der Waals surface area contributed by atoms with Crippen LogP contribution in [0, 0.1) is 0 Å². The molecule has 4 N–H and O–H groups in total. The number of rotatable bonds is 8. The Kier molecular flexibility index (Phi) is 6.05. The Balaban J connectivity index is 1.52. The third kappa shape index (κ3) is 4.79. The number of aromatic amines is 1. The minimum Gasteiger partial charge on any atom is -0.439 e. The van der Waals surface area contributed by atoms with Crippen molar-refractivity contribution in [2.24, 2.45) is 5.73 Å². The van der Waals surface area contributed by atoms with E-state index < -0.39 is 5.91 Å². The van der Waals surface area contributed by atoms with Crippen LogP contribution in [0.5, 0.6) is 11.6 Å². The number of likely N-dealkylation sites (N-methyl/N-ethyl adjacent to an activating group) is 1. The smallest absolute Gasteiger partial charge is 0.248 e. The van der Waals surface area contributed by atoms with E-state index in [9.17, 15) is 4.79 Å². The fraction of sp³-hybridized carbons (Fsp3) is 0.125. The van der Waals surface area contributed by atoms with Crippen molar-refractivity contribution in [1.82, 2.24) is 20.5 Å². The van der Waals surface area contributed by atoms with Crippen LogP contribution in [0.15, 0.2) is 79.3 Å². The number of pyridine rings is 1. The van der Waals surface area contributed by atoms with Crippen molar-refractivity contribution in [2.75, 3.05) is 13.6 Å². The molecule has 2 aromatic heterocycles. The molecule has 0 bridgehead atoms. The van der Waals surface area contributed by atoms with E-state index in [0.29, 0.717) is 17.2 Å². The van der Waals surface area contributed by atoms with Crippen LogP contribution >= 0.6 is 0 Å². The molecule has 156 valence electrons. The molecule has 2 heterocycles. The van der Waals surface area contributed by atoms with Crippen LogP contribution in [-0.2, 0) is 0 Å². The van der Waals surface area contributed by atoms with Crippen molar-refractivity contribution in [2.45, 2.75) is 5.92 Å². The molecular weight excluding hydrogens is 390 g/mol. The van der Waals surface area contributed by atoms with Gasteiger partial charge in [-0.2, -0.15) is 5.10 Å². The standard InChI is InChI=1S/C24H23N5O2/c1-26-15-22(17-4-2-16(3-5-17)20-13-28-29-14-20)18-6-8-21(9-7-18)31-23-12-19(24(25)30)10-11-27-23/h2-14,22,26H,15H2,1H3,(H2,25,30)(H,28,29). The number of H-pyrrole nitrogens is 1. The van der Waals surface area contributed by atoms with E-state index >= 15 is 0 Å². The van der Waals surface area contributed by atoms with E-state index in [0.717, 1.165) is 23.2 Å². The van der Waals surface area contributed by atoms with Crippen LogP contribution in [0.4, 0.5) is 0 Å². The molecule has 7 nitrogen and oxygen atoms in total. The Morgan fingerprint density at radius 3 is 2.39 bits per heavy atom. The molecule has 0 fully saturated rings. The Morgan fingerprint density at radius 2 is 1.77 bits per heavy atom. The first-order valence-electron chi connectivity index (χ1n) is 9.91. The second kappa shape index (κ2) is 9.23. The van der Waals surface area contributed by atoms with Crippen LogP contribution in [0.25, 0.3) is 11.1 Å². The van der Waals surface area contributed by atoms with Gasteiger partial charge in [-0.05, 0) is 41.9 Å². The summed E-state index contributed by atoms with van der Waals surface area (Å²) in [6, 6.07) is 19.5. The highest BCUT2D eigenvalue weighted by Crippen LogP contribution is 2.29. The molecule has 1 atom stereocenters. The molecule has 2 aromatic carbocycles. The summed E-state index contributed by atoms with van der Waals surface area (Å²) >= 11 is 0. The predicted octanol–water partition coefficient (Wildman–Crippen LogP) is 3.71. The van der Waals surface area contributed by atoms with Crippen molar-refractivity contribution >= 4 is 5.91 Å². The zero-order valence-electron chi connectivity index (χ0n) is 17.1. The Morgan fingerprint density at radius 1 is 1.06 bits per heavy atom. The van der Waals surface area contributed by atoms with Crippen molar-refractivity contribution < 1.29 is 9.53 Å². The summed E-state index contributed by atoms with van der Waals surface area (Å²) in [5.41, 5.74) is 10.2. The number of carbonyl (C=O) groups excluding carboxylic acids is 1. The lowest BCUT2D eigenvalue weighted by molar-refractivity contribution is 0.1000. The summed E-state index contributed by atoms with van der Waals surface area (Å²) < 4.78 is 5.78. The lowest BCUT2D eigenvalue weighted by Crippen LogP contribution is -2.18. The first kappa shape index (κ1) is 20.3. The van der Waals surface area contributed by atoms with E-state index in [1.807, 2.05) is 43.7 Å².